The summed E-state index contributed by atoms with van der Waals surface area (Å²) in [5.41, 5.74) is 9.27. The van der Waals surface area contributed by atoms with Crippen molar-refractivity contribution in [3.05, 3.63) is 52.2 Å². The molecule has 1 aliphatic rings. The average molecular weight is 237 g/mol. The Balaban J connectivity index is 2.18. The summed E-state index contributed by atoms with van der Waals surface area (Å²) in [5, 5.41) is 0. The SMILES string of the molecule is Cc1ccc(C)c(-c2cc(C)c3c(n2)CCC3)c1. The van der Waals surface area contributed by atoms with E-state index in [2.05, 4.69) is 45.0 Å². The van der Waals surface area contributed by atoms with Gasteiger partial charge in [0.25, 0.3) is 0 Å². The van der Waals surface area contributed by atoms with Gasteiger partial charge >= 0.3 is 0 Å². The lowest BCUT2D eigenvalue weighted by Gasteiger charge is -2.11. The smallest absolute Gasteiger partial charge is 0.0710 e. The number of fused-ring (bicyclic) bond motifs is 1. The molecule has 0 amide bonds. The first-order chi connectivity index (χ1) is 8.65. The fourth-order valence-corrected chi connectivity index (χ4v) is 2.90. The number of benzene rings is 1. The number of aryl methyl sites for hydroxylation is 4. The van der Waals surface area contributed by atoms with Crippen molar-refractivity contribution in [3.63, 3.8) is 0 Å². The topological polar surface area (TPSA) is 12.9 Å². The van der Waals surface area contributed by atoms with Crippen LogP contribution < -0.4 is 0 Å². The van der Waals surface area contributed by atoms with E-state index in [0.717, 1.165) is 12.1 Å². The largest absolute Gasteiger partial charge is 0.253 e. The zero-order valence-corrected chi connectivity index (χ0v) is 11.4. The summed E-state index contributed by atoms with van der Waals surface area (Å²) >= 11 is 0. The Morgan fingerprint density at radius 2 is 1.78 bits per heavy atom. The van der Waals surface area contributed by atoms with Gasteiger partial charge in [-0.2, -0.15) is 0 Å². The van der Waals surface area contributed by atoms with Crippen LogP contribution in [0.1, 0.15) is 34.4 Å². The monoisotopic (exact) mass is 237 g/mol. The van der Waals surface area contributed by atoms with E-state index in [0.29, 0.717) is 0 Å². The predicted octanol–water partition coefficient (Wildman–Crippen LogP) is 4.16. The summed E-state index contributed by atoms with van der Waals surface area (Å²) in [6.07, 6.45) is 3.62. The average Bonchev–Trinajstić information content (AvgIpc) is 2.81. The molecule has 0 bridgehead atoms. The van der Waals surface area contributed by atoms with Crippen LogP contribution in [-0.4, -0.2) is 4.98 Å². The molecule has 1 heterocycles. The summed E-state index contributed by atoms with van der Waals surface area (Å²) in [6, 6.07) is 8.86. The van der Waals surface area contributed by atoms with Crippen LogP contribution in [0.3, 0.4) is 0 Å². The minimum atomic E-state index is 1.15. The van der Waals surface area contributed by atoms with Gasteiger partial charge in [0.2, 0.25) is 0 Å². The highest BCUT2D eigenvalue weighted by Gasteiger charge is 2.16. The third-order valence-electron chi connectivity index (χ3n) is 3.94. The van der Waals surface area contributed by atoms with Crippen molar-refractivity contribution in [2.75, 3.05) is 0 Å². The van der Waals surface area contributed by atoms with Crippen molar-refractivity contribution in [2.24, 2.45) is 0 Å². The number of aromatic nitrogens is 1. The van der Waals surface area contributed by atoms with Crippen LogP contribution in [-0.2, 0) is 12.8 Å². The molecular formula is C17H19N. The van der Waals surface area contributed by atoms with E-state index in [4.69, 9.17) is 4.98 Å². The van der Waals surface area contributed by atoms with Gasteiger partial charge < -0.3 is 0 Å². The molecule has 0 aliphatic heterocycles. The van der Waals surface area contributed by atoms with Crippen molar-refractivity contribution in [3.8, 4) is 11.3 Å². The number of pyridine rings is 1. The van der Waals surface area contributed by atoms with Gasteiger partial charge in [-0.25, -0.2) is 0 Å². The van der Waals surface area contributed by atoms with Gasteiger partial charge in [0.1, 0.15) is 0 Å². The third-order valence-corrected chi connectivity index (χ3v) is 3.94. The lowest BCUT2D eigenvalue weighted by atomic mass is 9.99. The second kappa shape index (κ2) is 4.24. The number of rotatable bonds is 1. The van der Waals surface area contributed by atoms with Crippen molar-refractivity contribution in [1.29, 1.82) is 0 Å². The van der Waals surface area contributed by atoms with E-state index in [1.165, 1.54) is 46.4 Å². The fraction of sp³-hybridized carbons (Fsp3) is 0.353. The maximum Gasteiger partial charge on any atom is 0.0710 e. The van der Waals surface area contributed by atoms with Crippen LogP contribution >= 0.6 is 0 Å². The van der Waals surface area contributed by atoms with Gasteiger partial charge in [-0.1, -0.05) is 17.7 Å². The number of hydrogen-bond acceptors (Lipinski definition) is 1. The molecule has 2 aromatic rings. The molecule has 1 aliphatic carbocycles. The van der Waals surface area contributed by atoms with Crippen LogP contribution in [0.4, 0.5) is 0 Å². The minimum absolute atomic E-state index is 1.15. The molecule has 1 nitrogen and oxygen atoms in total. The second-order valence-corrected chi connectivity index (χ2v) is 5.42. The molecule has 0 unspecified atom stereocenters. The molecule has 0 saturated carbocycles. The number of hydrogen-bond donors (Lipinski definition) is 0. The Bertz CT molecular complexity index is 611. The zero-order valence-electron chi connectivity index (χ0n) is 11.4. The molecule has 0 saturated heterocycles. The van der Waals surface area contributed by atoms with E-state index in [1.54, 1.807) is 0 Å². The van der Waals surface area contributed by atoms with Crippen molar-refractivity contribution >= 4 is 0 Å². The molecular weight excluding hydrogens is 218 g/mol. The third kappa shape index (κ3) is 1.84. The molecule has 18 heavy (non-hydrogen) atoms. The summed E-state index contributed by atoms with van der Waals surface area (Å²) in [4.78, 5) is 4.89. The highest BCUT2D eigenvalue weighted by atomic mass is 14.7. The Hall–Kier alpha value is -1.63. The Labute approximate surface area is 109 Å². The maximum atomic E-state index is 4.89. The van der Waals surface area contributed by atoms with Crippen LogP contribution in [0.5, 0.6) is 0 Å². The van der Waals surface area contributed by atoms with E-state index in [9.17, 15) is 0 Å². The van der Waals surface area contributed by atoms with Gasteiger partial charge in [0.15, 0.2) is 0 Å². The van der Waals surface area contributed by atoms with Crippen molar-refractivity contribution < 1.29 is 0 Å². The van der Waals surface area contributed by atoms with Gasteiger partial charge in [-0.15, -0.1) is 0 Å². The van der Waals surface area contributed by atoms with Crippen LogP contribution in [0.25, 0.3) is 11.3 Å². The second-order valence-electron chi connectivity index (χ2n) is 5.42. The van der Waals surface area contributed by atoms with Crippen molar-refractivity contribution in [2.45, 2.75) is 40.0 Å². The van der Waals surface area contributed by atoms with E-state index in [1.807, 2.05) is 0 Å². The van der Waals surface area contributed by atoms with Gasteiger partial charge in [0, 0.05) is 11.3 Å². The highest BCUT2D eigenvalue weighted by molar-refractivity contribution is 5.66. The lowest BCUT2D eigenvalue weighted by Crippen LogP contribution is -1.96. The summed E-state index contributed by atoms with van der Waals surface area (Å²) in [6.45, 7) is 6.53. The Morgan fingerprint density at radius 1 is 0.944 bits per heavy atom. The normalized spacial score (nSPS) is 13.7. The molecule has 0 spiro atoms. The summed E-state index contributed by atoms with van der Waals surface area (Å²) in [5.74, 6) is 0. The Kier molecular flexibility index (Phi) is 2.70. The molecule has 0 radical (unpaired) electrons. The first kappa shape index (κ1) is 11.5. The first-order valence-corrected chi connectivity index (χ1v) is 6.72. The molecule has 92 valence electrons. The van der Waals surface area contributed by atoms with Crippen LogP contribution in [0.2, 0.25) is 0 Å². The highest BCUT2D eigenvalue weighted by Crippen LogP contribution is 2.29. The van der Waals surface area contributed by atoms with Crippen molar-refractivity contribution in [1.82, 2.24) is 4.98 Å². The van der Waals surface area contributed by atoms with E-state index in [-0.39, 0.29) is 0 Å². The molecule has 1 heteroatoms. The fourth-order valence-electron chi connectivity index (χ4n) is 2.90. The summed E-state index contributed by atoms with van der Waals surface area (Å²) < 4.78 is 0. The maximum absolute atomic E-state index is 4.89. The zero-order chi connectivity index (χ0) is 12.7. The van der Waals surface area contributed by atoms with E-state index >= 15 is 0 Å². The Morgan fingerprint density at radius 3 is 2.61 bits per heavy atom. The van der Waals surface area contributed by atoms with Gasteiger partial charge in [-0.05, 0) is 68.9 Å². The summed E-state index contributed by atoms with van der Waals surface area (Å²) in [7, 11) is 0. The minimum Gasteiger partial charge on any atom is -0.253 e. The molecule has 0 N–H and O–H groups in total. The molecule has 3 rings (SSSR count). The quantitative estimate of drug-likeness (QED) is 0.725. The molecule has 1 aromatic carbocycles. The predicted molar refractivity (Wildman–Crippen MR) is 75.9 cm³/mol. The lowest BCUT2D eigenvalue weighted by molar-refractivity contribution is 0.899. The number of nitrogens with zero attached hydrogens (tertiary/aromatic N) is 1. The first-order valence-electron chi connectivity index (χ1n) is 6.72. The van der Waals surface area contributed by atoms with Gasteiger partial charge in [0.05, 0.1) is 5.69 Å². The molecule has 0 fully saturated rings. The van der Waals surface area contributed by atoms with Crippen LogP contribution in [0.15, 0.2) is 24.3 Å². The van der Waals surface area contributed by atoms with Gasteiger partial charge in [-0.3, -0.25) is 4.98 Å². The standard InChI is InChI=1S/C17H19N/c1-11-7-8-12(2)15(9-11)17-10-13(3)14-5-4-6-16(14)18-17/h7-10H,4-6H2,1-3H3. The molecule has 0 atom stereocenters. The van der Waals surface area contributed by atoms with Crippen LogP contribution in [0, 0.1) is 20.8 Å². The van der Waals surface area contributed by atoms with E-state index < -0.39 is 0 Å². The molecule has 1 aromatic heterocycles.